The third kappa shape index (κ3) is 7.89. The van der Waals surface area contributed by atoms with E-state index < -0.39 is 6.04 Å². The van der Waals surface area contributed by atoms with Crippen molar-refractivity contribution in [2.45, 2.75) is 64.8 Å². The number of rotatable bonds is 15. The number of unbranched alkanes of at least 4 members (excludes halogenated alkanes) is 3. The summed E-state index contributed by atoms with van der Waals surface area (Å²) in [6, 6.07) is -0.599. The van der Waals surface area contributed by atoms with Gasteiger partial charge in [-0.15, -0.1) is 0 Å². The topological polar surface area (TPSA) is 110 Å². The number of nitrogens with one attached hydrogen (secondary N) is 1. The average Bonchev–Trinajstić information content (AvgIpc) is 3.26. The van der Waals surface area contributed by atoms with Crippen molar-refractivity contribution >= 4 is 29.5 Å². The smallest absolute Gasteiger partial charge is 0.247 e. The van der Waals surface area contributed by atoms with Crippen LogP contribution in [0.2, 0.25) is 0 Å². The van der Waals surface area contributed by atoms with Gasteiger partial charge in [-0.05, 0) is 33.0 Å². The maximum Gasteiger partial charge on any atom is 0.247 e. The zero-order chi connectivity index (χ0) is 24.4. The first-order valence-electron chi connectivity index (χ1n) is 12.1. The third-order valence-electron chi connectivity index (χ3n) is 6.46. The molecular weight excluding hydrogens is 426 g/mol. The van der Waals surface area contributed by atoms with Crippen molar-refractivity contribution in [3.05, 3.63) is 0 Å². The van der Waals surface area contributed by atoms with Crippen LogP contribution in [0.3, 0.4) is 0 Å². The lowest BCUT2D eigenvalue weighted by atomic mass is 10.2. The van der Waals surface area contributed by atoms with Crippen LogP contribution < -0.4 is 5.32 Å². The van der Waals surface area contributed by atoms with E-state index in [0.29, 0.717) is 38.9 Å². The molecule has 5 amide bonds. The van der Waals surface area contributed by atoms with E-state index in [0.717, 1.165) is 38.9 Å². The largest absolute Gasteiger partial charge is 0.354 e. The van der Waals surface area contributed by atoms with Gasteiger partial charge in [0, 0.05) is 39.0 Å². The van der Waals surface area contributed by atoms with E-state index in [1.165, 1.54) is 9.80 Å². The van der Waals surface area contributed by atoms with Gasteiger partial charge in [0.15, 0.2) is 0 Å². The van der Waals surface area contributed by atoms with Crippen LogP contribution >= 0.6 is 0 Å². The van der Waals surface area contributed by atoms with Gasteiger partial charge >= 0.3 is 0 Å². The molecule has 10 heteroatoms. The lowest BCUT2D eigenvalue weighted by molar-refractivity contribution is -0.141. The fraction of sp³-hybridized carbons (Fsp3) is 0.783. The highest BCUT2D eigenvalue weighted by molar-refractivity contribution is 6.05. The molecule has 0 spiro atoms. The van der Waals surface area contributed by atoms with Crippen molar-refractivity contribution in [1.29, 1.82) is 0 Å². The minimum Gasteiger partial charge on any atom is -0.354 e. The summed E-state index contributed by atoms with van der Waals surface area (Å²) in [4.78, 5) is 67.0. The van der Waals surface area contributed by atoms with Crippen LogP contribution in [0.15, 0.2) is 0 Å². The minimum atomic E-state index is -0.599. The molecule has 2 saturated heterocycles. The van der Waals surface area contributed by atoms with Crippen LogP contribution in [0.5, 0.6) is 0 Å². The molecule has 1 unspecified atom stereocenters. The molecule has 1 atom stereocenters. The highest BCUT2D eigenvalue weighted by Crippen LogP contribution is 2.19. The molecule has 10 nitrogen and oxygen atoms in total. The van der Waals surface area contributed by atoms with Gasteiger partial charge in [-0.3, -0.25) is 38.7 Å². The first-order valence-corrected chi connectivity index (χ1v) is 12.1. The van der Waals surface area contributed by atoms with Gasteiger partial charge in [0.25, 0.3) is 0 Å². The molecule has 2 aliphatic heterocycles. The van der Waals surface area contributed by atoms with E-state index in [2.05, 4.69) is 24.1 Å². The number of nitrogens with zero attached hydrogens (tertiary/aromatic N) is 4. The standard InChI is InChI=1S/C23H39N5O5/c1-4-26(5-2)15-12-24-19(29)17-25(3)18-16-22(32)28(23(18)33)14-9-7-6-8-13-27-20(30)10-11-21(27)31/h18H,4-17H2,1-3H3,(H,24,29). The van der Waals surface area contributed by atoms with Gasteiger partial charge < -0.3 is 10.2 Å². The fourth-order valence-electron chi connectivity index (χ4n) is 4.30. The van der Waals surface area contributed by atoms with Crippen LogP contribution in [-0.4, -0.2) is 108 Å². The van der Waals surface area contributed by atoms with E-state index >= 15 is 0 Å². The number of amides is 5. The molecule has 0 aliphatic carbocycles. The number of carbonyl (C=O) groups is 5. The van der Waals surface area contributed by atoms with Crippen molar-refractivity contribution in [2.24, 2.45) is 0 Å². The van der Waals surface area contributed by atoms with E-state index in [9.17, 15) is 24.0 Å². The van der Waals surface area contributed by atoms with Crippen LogP contribution in [0.25, 0.3) is 0 Å². The first kappa shape index (κ1) is 26.9. The Labute approximate surface area is 196 Å². The van der Waals surface area contributed by atoms with Crippen LogP contribution in [0.1, 0.15) is 58.8 Å². The molecule has 1 N–H and O–H groups in total. The molecule has 0 aromatic carbocycles. The Kier molecular flexibility index (Phi) is 10.9. The zero-order valence-electron chi connectivity index (χ0n) is 20.3. The number of carbonyl (C=O) groups excluding carboxylic acids is 5. The van der Waals surface area contributed by atoms with Gasteiger partial charge in [-0.2, -0.15) is 0 Å². The molecule has 0 radical (unpaired) electrons. The molecule has 2 aliphatic rings. The normalized spacial score (nSPS) is 19.0. The summed E-state index contributed by atoms with van der Waals surface area (Å²) in [5, 5.41) is 2.88. The Morgan fingerprint density at radius 3 is 2.06 bits per heavy atom. The summed E-state index contributed by atoms with van der Waals surface area (Å²) in [7, 11) is 1.70. The molecule has 0 saturated carbocycles. The lowest BCUT2D eigenvalue weighted by Crippen LogP contribution is -2.45. The Balaban J connectivity index is 1.65. The maximum atomic E-state index is 12.7. The Morgan fingerprint density at radius 2 is 1.48 bits per heavy atom. The predicted octanol–water partition coefficient (Wildman–Crippen LogP) is 0.213. The second kappa shape index (κ2) is 13.4. The number of likely N-dealkylation sites (N-methyl/N-ethyl adjacent to an activating group) is 2. The summed E-state index contributed by atoms with van der Waals surface area (Å²) >= 11 is 0. The molecule has 2 heterocycles. The monoisotopic (exact) mass is 465 g/mol. The van der Waals surface area contributed by atoms with Gasteiger partial charge in [0.05, 0.1) is 19.0 Å². The lowest BCUT2D eigenvalue weighted by Gasteiger charge is -2.23. The highest BCUT2D eigenvalue weighted by Gasteiger charge is 2.40. The number of hydrogen-bond acceptors (Lipinski definition) is 7. The van der Waals surface area contributed by atoms with Crippen molar-refractivity contribution in [3.8, 4) is 0 Å². The summed E-state index contributed by atoms with van der Waals surface area (Å²) in [6.07, 6.45) is 3.77. The van der Waals surface area contributed by atoms with Gasteiger partial charge in [0.2, 0.25) is 29.5 Å². The highest BCUT2D eigenvalue weighted by atomic mass is 16.2. The van der Waals surface area contributed by atoms with Crippen LogP contribution in [-0.2, 0) is 24.0 Å². The zero-order valence-corrected chi connectivity index (χ0v) is 20.3. The summed E-state index contributed by atoms with van der Waals surface area (Å²) in [5.41, 5.74) is 0. The molecular formula is C23H39N5O5. The van der Waals surface area contributed by atoms with E-state index in [1.54, 1.807) is 11.9 Å². The number of hydrogen-bond donors (Lipinski definition) is 1. The molecule has 0 bridgehead atoms. The fourth-order valence-corrected chi connectivity index (χ4v) is 4.30. The summed E-state index contributed by atoms with van der Waals surface area (Å²) in [6.45, 7) is 8.22. The van der Waals surface area contributed by atoms with Crippen LogP contribution in [0.4, 0.5) is 0 Å². The molecule has 0 aromatic heterocycles. The van der Waals surface area contributed by atoms with E-state index in [4.69, 9.17) is 0 Å². The SMILES string of the molecule is CCN(CC)CCNC(=O)CN(C)C1CC(=O)N(CCCCCCN2C(=O)CCC2=O)C1=O. The van der Waals surface area contributed by atoms with E-state index in [-0.39, 0.29) is 42.5 Å². The maximum absolute atomic E-state index is 12.7. The quantitative estimate of drug-likeness (QED) is 0.272. The van der Waals surface area contributed by atoms with Crippen molar-refractivity contribution in [3.63, 3.8) is 0 Å². The number of imide groups is 2. The Morgan fingerprint density at radius 1 is 0.909 bits per heavy atom. The van der Waals surface area contributed by atoms with Crippen molar-refractivity contribution < 1.29 is 24.0 Å². The third-order valence-corrected chi connectivity index (χ3v) is 6.46. The average molecular weight is 466 g/mol. The predicted molar refractivity (Wildman–Crippen MR) is 123 cm³/mol. The summed E-state index contributed by atoms with van der Waals surface area (Å²) < 4.78 is 0. The molecule has 33 heavy (non-hydrogen) atoms. The van der Waals surface area contributed by atoms with E-state index in [1.807, 2.05) is 0 Å². The second-order valence-electron chi connectivity index (χ2n) is 8.75. The number of likely N-dealkylation sites (tertiary alicyclic amines) is 2. The van der Waals surface area contributed by atoms with Crippen molar-refractivity contribution in [1.82, 2.24) is 24.9 Å². The van der Waals surface area contributed by atoms with Crippen molar-refractivity contribution in [2.75, 3.05) is 52.9 Å². The Hall–Kier alpha value is -2.33. The van der Waals surface area contributed by atoms with Gasteiger partial charge in [-0.1, -0.05) is 26.7 Å². The van der Waals surface area contributed by atoms with Gasteiger partial charge in [-0.25, -0.2) is 0 Å². The minimum absolute atomic E-state index is 0.0731. The second-order valence-corrected chi connectivity index (χ2v) is 8.75. The molecule has 2 rings (SSSR count). The van der Waals surface area contributed by atoms with Crippen LogP contribution in [0, 0.1) is 0 Å². The van der Waals surface area contributed by atoms with Gasteiger partial charge in [0.1, 0.15) is 0 Å². The molecule has 186 valence electrons. The first-order chi connectivity index (χ1) is 15.8. The summed E-state index contributed by atoms with van der Waals surface area (Å²) in [5.74, 6) is -0.793. The molecule has 0 aromatic rings. The Bertz CT molecular complexity index is 708. The molecule has 2 fully saturated rings.